The van der Waals surface area contributed by atoms with E-state index in [9.17, 15) is 4.79 Å². The zero-order chi connectivity index (χ0) is 16.1. The van der Waals surface area contributed by atoms with E-state index in [0.717, 1.165) is 32.4 Å². The van der Waals surface area contributed by atoms with Gasteiger partial charge in [0.2, 0.25) is 5.91 Å². The minimum Gasteiger partial charge on any atom is -0.352 e. The van der Waals surface area contributed by atoms with Gasteiger partial charge in [-0.1, -0.05) is 42.5 Å². The standard InChI is InChI=1S/C21H22N2O/c24-20(23-11-14-5-6-16-12-22-13-17(16)9-14)19-10-21(19)8-7-15-3-1-2-4-18(15)21/h1-6,9,19,22H,7-8,10-13H2,(H,23,24). The highest BCUT2D eigenvalue weighted by molar-refractivity contribution is 5.85. The molecule has 2 unspecified atom stereocenters. The molecule has 0 aromatic heterocycles. The average Bonchev–Trinajstić information content (AvgIpc) is 2.97. The lowest BCUT2D eigenvalue weighted by molar-refractivity contribution is -0.122. The molecule has 1 spiro atoms. The highest BCUT2D eigenvalue weighted by atomic mass is 16.2. The van der Waals surface area contributed by atoms with Crippen molar-refractivity contribution in [2.45, 2.75) is 44.3 Å². The number of benzene rings is 2. The van der Waals surface area contributed by atoms with Gasteiger partial charge >= 0.3 is 0 Å². The topological polar surface area (TPSA) is 41.1 Å². The second-order valence-corrected chi connectivity index (χ2v) is 7.49. The van der Waals surface area contributed by atoms with Crippen LogP contribution in [-0.2, 0) is 36.3 Å². The highest BCUT2D eigenvalue weighted by Gasteiger charge is 2.61. The Morgan fingerprint density at radius 2 is 2.00 bits per heavy atom. The predicted octanol–water partition coefficient (Wildman–Crippen LogP) is 2.81. The zero-order valence-corrected chi connectivity index (χ0v) is 13.8. The fourth-order valence-electron chi connectivity index (χ4n) is 4.71. The van der Waals surface area contributed by atoms with Crippen molar-refractivity contribution in [1.29, 1.82) is 0 Å². The van der Waals surface area contributed by atoms with Gasteiger partial charge in [0.15, 0.2) is 0 Å². The van der Waals surface area contributed by atoms with Crippen LogP contribution in [0.3, 0.4) is 0 Å². The van der Waals surface area contributed by atoms with Crippen LogP contribution in [0.4, 0.5) is 0 Å². The summed E-state index contributed by atoms with van der Waals surface area (Å²) in [5.41, 5.74) is 6.96. The van der Waals surface area contributed by atoms with Gasteiger partial charge in [-0.25, -0.2) is 0 Å². The molecule has 2 atom stereocenters. The Hall–Kier alpha value is -2.13. The lowest BCUT2D eigenvalue weighted by atomic mass is 9.95. The fraction of sp³-hybridized carbons (Fsp3) is 0.381. The lowest BCUT2D eigenvalue weighted by Gasteiger charge is -2.12. The van der Waals surface area contributed by atoms with Crippen LogP contribution >= 0.6 is 0 Å². The molecule has 2 N–H and O–H groups in total. The van der Waals surface area contributed by atoms with Crippen molar-refractivity contribution in [3.63, 3.8) is 0 Å². The molecule has 3 heteroatoms. The molecule has 1 amide bonds. The maximum absolute atomic E-state index is 12.7. The number of aryl methyl sites for hydroxylation is 1. The summed E-state index contributed by atoms with van der Waals surface area (Å²) < 4.78 is 0. The summed E-state index contributed by atoms with van der Waals surface area (Å²) in [7, 11) is 0. The van der Waals surface area contributed by atoms with Crippen LogP contribution in [0, 0.1) is 5.92 Å². The third-order valence-electron chi connectivity index (χ3n) is 6.15. The first-order valence-corrected chi connectivity index (χ1v) is 8.94. The van der Waals surface area contributed by atoms with E-state index >= 15 is 0 Å². The van der Waals surface area contributed by atoms with E-state index in [2.05, 4.69) is 53.1 Å². The van der Waals surface area contributed by atoms with Crippen molar-refractivity contribution in [2.75, 3.05) is 0 Å². The van der Waals surface area contributed by atoms with Gasteiger partial charge in [0, 0.05) is 31.0 Å². The highest BCUT2D eigenvalue weighted by Crippen LogP contribution is 2.61. The second-order valence-electron chi connectivity index (χ2n) is 7.49. The van der Waals surface area contributed by atoms with E-state index in [-0.39, 0.29) is 17.2 Å². The Kier molecular flexibility index (Phi) is 3.07. The molecule has 0 bridgehead atoms. The van der Waals surface area contributed by atoms with E-state index in [1.165, 1.54) is 27.8 Å². The van der Waals surface area contributed by atoms with Crippen molar-refractivity contribution in [3.8, 4) is 0 Å². The van der Waals surface area contributed by atoms with Gasteiger partial charge in [-0.15, -0.1) is 0 Å². The first-order chi connectivity index (χ1) is 11.8. The summed E-state index contributed by atoms with van der Waals surface area (Å²) in [6, 6.07) is 15.2. The van der Waals surface area contributed by atoms with E-state index < -0.39 is 0 Å². The van der Waals surface area contributed by atoms with Crippen LogP contribution in [0.5, 0.6) is 0 Å². The minimum absolute atomic E-state index is 0.141. The van der Waals surface area contributed by atoms with Gasteiger partial charge in [-0.3, -0.25) is 4.79 Å². The Morgan fingerprint density at radius 1 is 1.12 bits per heavy atom. The van der Waals surface area contributed by atoms with E-state index in [0.29, 0.717) is 6.54 Å². The molecule has 3 aliphatic rings. The van der Waals surface area contributed by atoms with Crippen LogP contribution in [0.2, 0.25) is 0 Å². The Labute approximate surface area is 142 Å². The summed E-state index contributed by atoms with van der Waals surface area (Å²) in [6.45, 7) is 2.55. The van der Waals surface area contributed by atoms with Crippen LogP contribution in [0.1, 0.15) is 40.7 Å². The molecule has 5 rings (SSSR count). The van der Waals surface area contributed by atoms with Crippen molar-refractivity contribution in [1.82, 2.24) is 10.6 Å². The van der Waals surface area contributed by atoms with Gasteiger partial charge in [-0.2, -0.15) is 0 Å². The number of carbonyl (C=O) groups is 1. The number of carbonyl (C=O) groups excluding carboxylic acids is 1. The van der Waals surface area contributed by atoms with Crippen molar-refractivity contribution in [3.05, 3.63) is 70.3 Å². The quantitative estimate of drug-likeness (QED) is 0.914. The maximum Gasteiger partial charge on any atom is 0.224 e. The Morgan fingerprint density at radius 3 is 2.96 bits per heavy atom. The third-order valence-corrected chi connectivity index (χ3v) is 6.15. The van der Waals surface area contributed by atoms with E-state index in [1.54, 1.807) is 0 Å². The SMILES string of the molecule is O=C(NCc1ccc2c(c1)CNC2)C1CC12CCc1ccccc12. The summed E-state index contributed by atoms with van der Waals surface area (Å²) in [5, 5.41) is 6.54. The van der Waals surface area contributed by atoms with Gasteiger partial charge in [0.05, 0.1) is 0 Å². The smallest absolute Gasteiger partial charge is 0.224 e. The van der Waals surface area contributed by atoms with Gasteiger partial charge in [-0.05, 0) is 47.1 Å². The summed E-state index contributed by atoms with van der Waals surface area (Å²) in [5.74, 6) is 0.391. The maximum atomic E-state index is 12.7. The molecular formula is C21H22N2O. The molecule has 2 aliphatic carbocycles. The van der Waals surface area contributed by atoms with E-state index in [4.69, 9.17) is 0 Å². The lowest BCUT2D eigenvalue weighted by Crippen LogP contribution is -2.27. The third kappa shape index (κ3) is 2.11. The largest absolute Gasteiger partial charge is 0.352 e. The Bertz CT molecular complexity index is 828. The normalized spacial score (nSPS) is 26.2. The first kappa shape index (κ1) is 14.2. The molecule has 24 heavy (non-hydrogen) atoms. The van der Waals surface area contributed by atoms with Gasteiger partial charge in [0.25, 0.3) is 0 Å². The monoisotopic (exact) mass is 318 g/mol. The minimum atomic E-state index is 0.141. The number of amides is 1. The molecule has 1 fully saturated rings. The molecule has 122 valence electrons. The number of hydrogen-bond acceptors (Lipinski definition) is 2. The molecule has 1 aliphatic heterocycles. The second kappa shape index (κ2) is 5.18. The van der Waals surface area contributed by atoms with Crippen LogP contribution in [0.15, 0.2) is 42.5 Å². The summed E-state index contributed by atoms with van der Waals surface area (Å²) >= 11 is 0. The molecule has 1 heterocycles. The van der Waals surface area contributed by atoms with Crippen LogP contribution in [-0.4, -0.2) is 5.91 Å². The van der Waals surface area contributed by atoms with Crippen molar-refractivity contribution >= 4 is 5.91 Å². The Balaban J connectivity index is 1.26. The zero-order valence-electron chi connectivity index (χ0n) is 13.8. The number of fused-ring (bicyclic) bond motifs is 3. The molecule has 2 aromatic rings. The van der Waals surface area contributed by atoms with Crippen molar-refractivity contribution < 1.29 is 4.79 Å². The molecular weight excluding hydrogens is 296 g/mol. The van der Waals surface area contributed by atoms with Gasteiger partial charge in [0.1, 0.15) is 0 Å². The number of hydrogen-bond donors (Lipinski definition) is 2. The first-order valence-electron chi connectivity index (χ1n) is 8.94. The fourth-order valence-corrected chi connectivity index (χ4v) is 4.71. The average molecular weight is 318 g/mol. The van der Waals surface area contributed by atoms with E-state index in [1.807, 2.05) is 0 Å². The number of nitrogens with one attached hydrogen (secondary N) is 2. The van der Waals surface area contributed by atoms with Crippen LogP contribution < -0.4 is 10.6 Å². The number of rotatable bonds is 3. The molecule has 1 saturated carbocycles. The summed E-state index contributed by atoms with van der Waals surface area (Å²) in [6.07, 6.45) is 3.27. The van der Waals surface area contributed by atoms with Crippen molar-refractivity contribution in [2.24, 2.45) is 5.92 Å². The molecule has 0 saturated heterocycles. The van der Waals surface area contributed by atoms with Gasteiger partial charge < -0.3 is 10.6 Å². The summed E-state index contributed by atoms with van der Waals surface area (Å²) in [4.78, 5) is 12.7. The molecule has 0 radical (unpaired) electrons. The molecule has 3 nitrogen and oxygen atoms in total. The predicted molar refractivity (Wildman–Crippen MR) is 93.4 cm³/mol. The molecule has 2 aromatic carbocycles. The van der Waals surface area contributed by atoms with Crippen LogP contribution in [0.25, 0.3) is 0 Å².